The summed E-state index contributed by atoms with van der Waals surface area (Å²) in [5, 5.41) is 0.960. The van der Waals surface area contributed by atoms with E-state index in [1.54, 1.807) is 11.3 Å². The van der Waals surface area contributed by atoms with Crippen LogP contribution < -0.4 is 5.73 Å². The van der Waals surface area contributed by atoms with Crippen molar-refractivity contribution in [1.29, 1.82) is 0 Å². The first-order chi connectivity index (χ1) is 7.15. The molecule has 5 heteroatoms. The van der Waals surface area contributed by atoms with Gasteiger partial charge in [-0.2, -0.15) is 0 Å². The second-order valence-electron chi connectivity index (χ2n) is 3.19. The minimum atomic E-state index is -0.282. The van der Waals surface area contributed by atoms with Crippen molar-refractivity contribution in [2.75, 3.05) is 0 Å². The second kappa shape index (κ2) is 4.28. The van der Waals surface area contributed by atoms with Crippen LogP contribution in [-0.2, 0) is 11.2 Å². The van der Waals surface area contributed by atoms with E-state index in [2.05, 4.69) is 20.9 Å². The lowest BCUT2D eigenvalue weighted by Crippen LogP contribution is -2.10. The molecular formula is C10H9BrN2OS. The average Bonchev–Trinajstić information content (AvgIpc) is 2.56. The lowest BCUT2D eigenvalue weighted by atomic mass is 10.3. The standard InChI is InChI=1S/C10H9BrN2OS/c11-6-1-2-8-7(5-6)13-10(15-8)4-3-9(12)14/h1-2,5H,3-4H2,(H2,12,14). The molecule has 0 spiro atoms. The molecule has 2 rings (SSSR count). The maximum Gasteiger partial charge on any atom is 0.217 e. The molecule has 2 aromatic rings. The lowest BCUT2D eigenvalue weighted by molar-refractivity contribution is -0.117. The van der Waals surface area contributed by atoms with Gasteiger partial charge in [0.1, 0.15) is 0 Å². The van der Waals surface area contributed by atoms with Gasteiger partial charge in [0.2, 0.25) is 5.91 Å². The number of hydrogen-bond donors (Lipinski definition) is 1. The number of carbonyl (C=O) groups is 1. The van der Waals surface area contributed by atoms with Crippen LogP contribution in [0.5, 0.6) is 0 Å². The van der Waals surface area contributed by atoms with Gasteiger partial charge in [0, 0.05) is 17.3 Å². The molecule has 0 bridgehead atoms. The minimum Gasteiger partial charge on any atom is -0.370 e. The Morgan fingerprint density at radius 2 is 2.33 bits per heavy atom. The van der Waals surface area contributed by atoms with Gasteiger partial charge >= 0.3 is 0 Å². The quantitative estimate of drug-likeness (QED) is 0.941. The number of thiazole rings is 1. The number of primary amides is 1. The molecular weight excluding hydrogens is 276 g/mol. The van der Waals surface area contributed by atoms with E-state index in [9.17, 15) is 4.79 Å². The van der Waals surface area contributed by atoms with Crippen molar-refractivity contribution < 1.29 is 4.79 Å². The fourth-order valence-corrected chi connectivity index (χ4v) is 2.58. The number of benzene rings is 1. The fraction of sp³-hybridized carbons (Fsp3) is 0.200. The molecule has 78 valence electrons. The molecule has 0 aliphatic rings. The van der Waals surface area contributed by atoms with Gasteiger partial charge < -0.3 is 5.73 Å². The predicted octanol–water partition coefficient (Wildman–Crippen LogP) is 2.48. The van der Waals surface area contributed by atoms with Gasteiger partial charge in [0.05, 0.1) is 15.2 Å². The van der Waals surface area contributed by atoms with Crippen LogP contribution >= 0.6 is 27.3 Å². The highest BCUT2D eigenvalue weighted by atomic mass is 79.9. The van der Waals surface area contributed by atoms with Gasteiger partial charge in [-0.3, -0.25) is 4.79 Å². The van der Waals surface area contributed by atoms with Gasteiger partial charge in [0.25, 0.3) is 0 Å². The minimum absolute atomic E-state index is 0.282. The van der Waals surface area contributed by atoms with E-state index < -0.39 is 0 Å². The fourth-order valence-electron chi connectivity index (χ4n) is 1.29. The van der Waals surface area contributed by atoms with Crippen LogP contribution in [0, 0.1) is 0 Å². The zero-order valence-corrected chi connectivity index (χ0v) is 10.3. The maximum absolute atomic E-state index is 10.6. The number of hydrogen-bond acceptors (Lipinski definition) is 3. The van der Waals surface area contributed by atoms with Crippen molar-refractivity contribution in [3.63, 3.8) is 0 Å². The zero-order valence-electron chi connectivity index (χ0n) is 7.87. The highest BCUT2D eigenvalue weighted by Crippen LogP contribution is 2.25. The van der Waals surface area contributed by atoms with Crippen molar-refractivity contribution in [1.82, 2.24) is 4.98 Å². The summed E-state index contributed by atoms with van der Waals surface area (Å²) in [7, 11) is 0. The summed E-state index contributed by atoms with van der Waals surface area (Å²) in [6.45, 7) is 0. The maximum atomic E-state index is 10.6. The molecule has 15 heavy (non-hydrogen) atoms. The third-order valence-electron chi connectivity index (χ3n) is 1.98. The molecule has 3 nitrogen and oxygen atoms in total. The van der Waals surface area contributed by atoms with E-state index in [1.807, 2.05) is 18.2 Å². The number of fused-ring (bicyclic) bond motifs is 1. The Morgan fingerprint density at radius 1 is 1.53 bits per heavy atom. The summed E-state index contributed by atoms with van der Waals surface area (Å²) in [6.07, 6.45) is 0.993. The van der Waals surface area contributed by atoms with Gasteiger partial charge in [-0.1, -0.05) is 15.9 Å². The SMILES string of the molecule is NC(=O)CCc1nc2cc(Br)ccc2s1. The van der Waals surface area contributed by atoms with E-state index in [4.69, 9.17) is 5.73 Å². The van der Waals surface area contributed by atoms with E-state index in [0.717, 1.165) is 19.7 Å². The number of amides is 1. The Balaban J connectivity index is 2.27. The number of rotatable bonds is 3. The highest BCUT2D eigenvalue weighted by molar-refractivity contribution is 9.10. The molecule has 1 amide bonds. The molecule has 0 saturated heterocycles. The number of halogens is 1. The van der Waals surface area contributed by atoms with Crippen molar-refractivity contribution >= 4 is 43.4 Å². The number of aromatic nitrogens is 1. The van der Waals surface area contributed by atoms with Crippen LogP contribution in [0.25, 0.3) is 10.2 Å². The van der Waals surface area contributed by atoms with Gasteiger partial charge in [0.15, 0.2) is 0 Å². The van der Waals surface area contributed by atoms with Crippen LogP contribution in [0.4, 0.5) is 0 Å². The molecule has 0 radical (unpaired) electrons. The smallest absolute Gasteiger partial charge is 0.217 e. The highest BCUT2D eigenvalue weighted by Gasteiger charge is 2.05. The average molecular weight is 285 g/mol. The van der Waals surface area contributed by atoms with Crippen LogP contribution in [0.15, 0.2) is 22.7 Å². The Bertz CT molecular complexity index is 509. The van der Waals surface area contributed by atoms with Gasteiger partial charge in [-0.05, 0) is 18.2 Å². The van der Waals surface area contributed by atoms with E-state index in [-0.39, 0.29) is 5.91 Å². The third-order valence-corrected chi connectivity index (χ3v) is 3.57. The monoisotopic (exact) mass is 284 g/mol. The second-order valence-corrected chi connectivity index (χ2v) is 5.22. The Kier molecular flexibility index (Phi) is 3.02. The van der Waals surface area contributed by atoms with E-state index in [1.165, 1.54) is 0 Å². The summed E-state index contributed by atoms with van der Waals surface area (Å²) in [5.41, 5.74) is 6.06. The first-order valence-electron chi connectivity index (χ1n) is 4.48. The Labute approximate surface area is 99.4 Å². The summed E-state index contributed by atoms with van der Waals surface area (Å²) < 4.78 is 2.15. The number of carbonyl (C=O) groups excluding carboxylic acids is 1. The molecule has 1 aromatic heterocycles. The number of nitrogens with zero attached hydrogens (tertiary/aromatic N) is 1. The van der Waals surface area contributed by atoms with Gasteiger partial charge in [-0.25, -0.2) is 4.98 Å². The molecule has 0 aliphatic carbocycles. The van der Waals surface area contributed by atoms with E-state index in [0.29, 0.717) is 12.8 Å². The zero-order chi connectivity index (χ0) is 10.8. The first-order valence-corrected chi connectivity index (χ1v) is 6.09. The molecule has 0 atom stereocenters. The predicted molar refractivity (Wildman–Crippen MR) is 64.8 cm³/mol. The molecule has 2 N–H and O–H groups in total. The molecule has 0 saturated carbocycles. The largest absolute Gasteiger partial charge is 0.370 e. The Morgan fingerprint density at radius 3 is 3.07 bits per heavy atom. The summed E-state index contributed by atoms with van der Waals surface area (Å²) in [5.74, 6) is -0.282. The van der Waals surface area contributed by atoms with E-state index >= 15 is 0 Å². The molecule has 0 aliphatic heterocycles. The van der Waals surface area contributed by atoms with Crippen LogP contribution in [0.3, 0.4) is 0 Å². The number of aryl methyl sites for hydroxylation is 1. The molecule has 1 aromatic carbocycles. The van der Waals surface area contributed by atoms with Crippen molar-refractivity contribution in [2.24, 2.45) is 5.73 Å². The van der Waals surface area contributed by atoms with Crippen molar-refractivity contribution in [3.8, 4) is 0 Å². The van der Waals surface area contributed by atoms with Crippen molar-refractivity contribution in [3.05, 3.63) is 27.7 Å². The normalized spacial score (nSPS) is 10.7. The first kappa shape index (κ1) is 10.6. The topological polar surface area (TPSA) is 56.0 Å². The molecule has 1 heterocycles. The third kappa shape index (κ3) is 2.54. The lowest BCUT2D eigenvalue weighted by Gasteiger charge is -1.89. The Hall–Kier alpha value is -0.940. The summed E-state index contributed by atoms with van der Waals surface area (Å²) in [6, 6.07) is 5.98. The van der Waals surface area contributed by atoms with Crippen LogP contribution in [0.2, 0.25) is 0 Å². The van der Waals surface area contributed by atoms with Crippen LogP contribution in [-0.4, -0.2) is 10.9 Å². The van der Waals surface area contributed by atoms with Gasteiger partial charge in [-0.15, -0.1) is 11.3 Å². The van der Waals surface area contributed by atoms with Crippen molar-refractivity contribution in [2.45, 2.75) is 12.8 Å². The molecule has 0 fully saturated rings. The van der Waals surface area contributed by atoms with Crippen LogP contribution in [0.1, 0.15) is 11.4 Å². The summed E-state index contributed by atoms with van der Waals surface area (Å²) >= 11 is 5.00. The molecule has 0 unspecified atom stereocenters. The summed E-state index contributed by atoms with van der Waals surface area (Å²) in [4.78, 5) is 15.1. The number of nitrogens with two attached hydrogens (primary N) is 1.